The molecule has 224 valence electrons. The van der Waals surface area contributed by atoms with E-state index in [1.54, 1.807) is 0 Å². The van der Waals surface area contributed by atoms with Crippen molar-refractivity contribution >= 4 is 11.9 Å². The number of ether oxygens (including phenoxy) is 2. The van der Waals surface area contributed by atoms with E-state index in [0.29, 0.717) is 12.8 Å². The molecule has 0 amide bonds. The molecule has 0 heterocycles. The third-order valence-electron chi connectivity index (χ3n) is 7.26. The van der Waals surface area contributed by atoms with E-state index in [2.05, 4.69) is 26.0 Å². The number of carbonyl (C=O) groups is 2. The molecule has 0 saturated heterocycles. The zero-order valence-corrected chi connectivity index (χ0v) is 25.9. The van der Waals surface area contributed by atoms with Crippen molar-refractivity contribution in [2.45, 2.75) is 194 Å². The second-order valence-corrected chi connectivity index (χ2v) is 11.4. The lowest BCUT2D eigenvalue weighted by molar-refractivity contribution is -0.149. The van der Waals surface area contributed by atoms with E-state index < -0.39 is 0 Å². The van der Waals surface area contributed by atoms with Crippen molar-refractivity contribution in [2.24, 2.45) is 0 Å². The van der Waals surface area contributed by atoms with E-state index >= 15 is 0 Å². The second-order valence-electron chi connectivity index (χ2n) is 11.4. The summed E-state index contributed by atoms with van der Waals surface area (Å²) in [6.07, 6.45) is 31.6. The van der Waals surface area contributed by atoms with Gasteiger partial charge in [0.25, 0.3) is 0 Å². The summed E-state index contributed by atoms with van der Waals surface area (Å²) in [4.78, 5) is 23.9. The Labute approximate surface area is 237 Å². The van der Waals surface area contributed by atoms with Gasteiger partial charge in [0, 0.05) is 12.8 Å². The van der Waals surface area contributed by atoms with Crippen molar-refractivity contribution in [1.29, 1.82) is 0 Å². The van der Waals surface area contributed by atoms with Gasteiger partial charge in [0.05, 0.1) is 12.2 Å². The van der Waals surface area contributed by atoms with Gasteiger partial charge in [0.15, 0.2) is 0 Å². The average Bonchev–Trinajstić information content (AvgIpc) is 2.88. The van der Waals surface area contributed by atoms with Crippen LogP contribution in [0.15, 0.2) is 12.2 Å². The van der Waals surface area contributed by atoms with E-state index in [1.807, 2.05) is 13.8 Å². The number of hydrogen-bond acceptors (Lipinski definition) is 4. The molecule has 2 atom stereocenters. The highest BCUT2D eigenvalue weighted by atomic mass is 16.5. The quantitative estimate of drug-likeness (QED) is 0.0567. The van der Waals surface area contributed by atoms with Crippen LogP contribution in [0.1, 0.15) is 182 Å². The Balaban J connectivity index is 3.40. The maximum atomic E-state index is 11.9. The smallest absolute Gasteiger partial charge is 0.306 e. The lowest BCUT2D eigenvalue weighted by Crippen LogP contribution is -2.14. The topological polar surface area (TPSA) is 52.6 Å². The lowest BCUT2D eigenvalue weighted by atomic mass is 10.1. The maximum Gasteiger partial charge on any atom is 0.306 e. The first-order valence-corrected chi connectivity index (χ1v) is 16.5. The van der Waals surface area contributed by atoms with Gasteiger partial charge in [0.2, 0.25) is 0 Å². The number of unbranched alkanes of at least 4 members (excludes halogenated alkanes) is 16. The Morgan fingerprint density at radius 1 is 0.500 bits per heavy atom. The zero-order chi connectivity index (χ0) is 28.1. The normalized spacial score (nSPS) is 13.1. The Kier molecular flexibility index (Phi) is 27.7. The fraction of sp³-hybridized carbons (Fsp3) is 0.882. The van der Waals surface area contributed by atoms with E-state index in [0.717, 1.165) is 64.2 Å². The van der Waals surface area contributed by atoms with Gasteiger partial charge < -0.3 is 9.47 Å². The molecule has 0 aliphatic rings. The van der Waals surface area contributed by atoms with Crippen molar-refractivity contribution in [3.05, 3.63) is 12.2 Å². The maximum absolute atomic E-state index is 11.9. The van der Waals surface area contributed by atoms with Crippen molar-refractivity contribution in [3.8, 4) is 0 Å². The van der Waals surface area contributed by atoms with E-state index in [9.17, 15) is 9.59 Å². The summed E-state index contributed by atoms with van der Waals surface area (Å²) in [5.74, 6) is -0.0341. The molecule has 0 radical (unpaired) electrons. The SMILES string of the molecule is CCCCCCC(C)OC(=O)CCCCCCC/C=C/CCCCCCCC(=O)OC(C)CCCCCC. The molecule has 0 spiro atoms. The first-order valence-electron chi connectivity index (χ1n) is 16.5. The molecule has 0 saturated carbocycles. The summed E-state index contributed by atoms with van der Waals surface area (Å²) in [5.41, 5.74) is 0. The average molecular weight is 537 g/mol. The summed E-state index contributed by atoms with van der Waals surface area (Å²) in [7, 11) is 0. The summed E-state index contributed by atoms with van der Waals surface area (Å²) in [6.45, 7) is 8.48. The van der Waals surface area contributed by atoms with Crippen molar-refractivity contribution < 1.29 is 19.1 Å². The number of carbonyl (C=O) groups excluding carboxylic acids is 2. The highest BCUT2D eigenvalue weighted by Crippen LogP contribution is 2.13. The van der Waals surface area contributed by atoms with Crippen molar-refractivity contribution in [3.63, 3.8) is 0 Å². The molecular formula is C34H64O4. The summed E-state index contributed by atoms with van der Waals surface area (Å²) < 4.78 is 11.0. The first-order chi connectivity index (χ1) is 18.5. The molecule has 0 aromatic rings. The monoisotopic (exact) mass is 536 g/mol. The van der Waals surface area contributed by atoms with Crippen molar-refractivity contribution in [1.82, 2.24) is 0 Å². The molecule has 0 aliphatic carbocycles. The largest absolute Gasteiger partial charge is 0.463 e. The predicted molar refractivity (Wildman–Crippen MR) is 162 cm³/mol. The molecule has 0 fully saturated rings. The van der Waals surface area contributed by atoms with Crippen LogP contribution in [0.4, 0.5) is 0 Å². The molecule has 2 unspecified atom stereocenters. The van der Waals surface area contributed by atoms with Gasteiger partial charge in [-0.15, -0.1) is 0 Å². The van der Waals surface area contributed by atoms with Gasteiger partial charge in [-0.3, -0.25) is 9.59 Å². The van der Waals surface area contributed by atoms with Crippen LogP contribution >= 0.6 is 0 Å². The van der Waals surface area contributed by atoms with E-state index in [1.165, 1.54) is 77.0 Å². The van der Waals surface area contributed by atoms with Gasteiger partial charge in [-0.05, 0) is 78.1 Å². The Morgan fingerprint density at radius 2 is 0.842 bits per heavy atom. The van der Waals surface area contributed by atoms with Gasteiger partial charge >= 0.3 is 11.9 Å². The van der Waals surface area contributed by atoms with E-state index in [-0.39, 0.29) is 24.1 Å². The molecule has 0 bridgehead atoms. The van der Waals surface area contributed by atoms with Crippen LogP contribution in [0, 0.1) is 0 Å². The second kappa shape index (κ2) is 28.7. The Bertz CT molecular complexity index is 509. The van der Waals surface area contributed by atoms with Crippen LogP contribution in [0.2, 0.25) is 0 Å². The molecule has 0 aromatic heterocycles. The lowest BCUT2D eigenvalue weighted by Gasteiger charge is -2.13. The molecule has 0 rings (SSSR count). The highest BCUT2D eigenvalue weighted by molar-refractivity contribution is 5.69. The molecule has 4 heteroatoms. The minimum Gasteiger partial charge on any atom is -0.463 e. The molecule has 0 N–H and O–H groups in total. The molecular weight excluding hydrogens is 472 g/mol. The Hall–Kier alpha value is -1.32. The Morgan fingerprint density at radius 3 is 1.24 bits per heavy atom. The van der Waals surface area contributed by atoms with Crippen molar-refractivity contribution in [2.75, 3.05) is 0 Å². The molecule has 4 nitrogen and oxygen atoms in total. The van der Waals surface area contributed by atoms with Crippen LogP contribution in [0.3, 0.4) is 0 Å². The fourth-order valence-electron chi connectivity index (χ4n) is 4.76. The molecule has 0 aliphatic heterocycles. The third kappa shape index (κ3) is 27.7. The first kappa shape index (κ1) is 36.7. The van der Waals surface area contributed by atoms with Crippen LogP contribution in [0.25, 0.3) is 0 Å². The number of rotatable bonds is 28. The fourth-order valence-corrected chi connectivity index (χ4v) is 4.76. The summed E-state index contributed by atoms with van der Waals surface area (Å²) in [6, 6.07) is 0. The van der Waals surface area contributed by atoms with Gasteiger partial charge in [-0.1, -0.05) is 103 Å². The molecule has 38 heavy (non-hydrogen) atoms. The number of allylic oxidation sites excluding steroid dienone is 2. The predicted octanol–water partition coefficient (Wildman–Crippen LogP) is 10.8. The van der Waals surface area contributed by atoms with Crippen LogP contribution in [0.5, 0.6) is 0 Å². The minimum absolute atomic E-state index is 0.0171. The number of hydrogen-bond donors (Lipinski definition) is 0. The van der Waals surface area contributed by atoms with Crippen LogP contribution in [-0.4, -0.2) is 24.1 Å². The van der Waals surface area contributed by atoms with Gasteiger partial charge in [-0.25, -0.2) is 0 Å². The zero-order valence-electron chi connectivity index (χ0n) is 25.9. The minimum atomic E-state index is -0.0171. The molecule has 0 aromatic carbocycles. The summed E-state index contributed by atoms with van der Waals surface area (Å²) >= 11 is 0. The summed E-state index contributed by atoms with van der Waals surface area (Å²) in [5, 5.41) is 0. The third-order valence-corrected chi connectivity index (χ3v) is 7.26. The van der Waals surface area contributed by atoms with Gasteiger partial charge in [-0.2, -0.15) is 0 Å². The van der Waals surface area contributed by atoms with Crippen LogP contribution < -0.4 is 0 Å². The number of esters is 2. The van der Waals surface area contributed by atoms with Gasteiger partial charge in [0.1, 0.15) is 0 Å². The van der Waals surface area contributed by atoms with Crippen LogP contribution in [-0.2, 0) is 19.1 Å². The van der Waals surface area contributed by atoms with E-state index in [4.69, 9.17) is 9.47 Å². The highest BCUT2D eigenvalue weighted by Gasteiger charge is 2.10. The standard InChI is InChI=1S/C34H64O4/c1-5-7-9-23-27-31(3)37-33(35)29-25-21-19-17-15-13-11-12-14-16-18-20-22-26-30-34(36)38-32(4)28-24-10-8-6-2/h11-12,31-32H,5-10,13-30H2,1-4H3/b12-11+.